The van der Waals surface area contributed by atoms with Crippen molar-refractivity contribution in [1.29, 1.82) is 0 Å². The molecule has 1 N–H and O–H groups in total. The summed E-state index contributed by atoms with van der Waals surface area (Å²) in [5.74, 6) is -0.542. The molecular formula is C21H24FN3O3. The number of carbonyl (C=O) groups is 2. The molecule has 1 saturated heterocycles. The third-order valence-electron chi connectivity index (χ3n) is 4.58. The number of amides is 2. The maximum Gasteiger partial charge on any atom is 0.409 e. The van der Waals surface area contributed by atoms with Gasteiger partial charge in [0, 0.05) is 37.6 Å². The summed E-state index contributed by atoms with van der Waals surface area (Å²) >= 11 is 0. The summed E-state index contributed by atoms with van der Waals surface area (Å²) in [6.45, 7) is 4.86. The van der Waals surface area contributed by atoms with Crippen LogP contribution in [0.1, 0.15) is 12.5 Å². The molecular weight excluding hydrogens is 361 g/mol. The Hall–Kier alpha value is -3.09. The van der Waals surface area contributed by atoms with Gasteiger partial charge in [-0.1, -0.05) is 12.1 Å². The van der Waals surface area contributed by atoms with Crippen molar-refractivity contribution in [3.63, 3.8) is 0 Å². The average Bonchev–Trinajstić information content (AvgIpc) is 2.69. The molecule has 0 bridgehead atoms. The molecule has 0 saturated carbocycles. The van der Waals surface area contributed by atoms with Gasteiger partial charge in [0.05, 0.1) is 13.0 Å². The molecule has 0 spiro atoms. The van der Waals surface area contributed by atoms with Crippen molar-refractivity contribution >= 4 is 23.4 Å². The molecule has 1 aliphatic heterocycles. The second-order valence-corrected chi connectivity index (χ2v) is 6.57. The first-order valence-electron chi connectivity index (χ1n) is 9.36. The Labute approximate surface area is 163 Å². The average molecular weight is 385 g/mol. The third-order valence-corrected chi connectivity index (χ3v) is 4.58. The van der Waals surface area contributed by atoms with Gasteiger partial charge in [-0.15, -0.1) is 0 Å². The summed E-state index contributed by atoms with van der Waals surface area (Å²) in [7, 11) is 0. The maximum atomic E-state index is 13.2. The molecule has 0 unspecified atom stereocenters. The van der Waals surface area contributed by atoms with Crippen molar-refractivity contribution in [2.45, 2.75) is 13.3 Å². The molecule has 0 aromatic heterocycles. The maximum absolute atomic E-state index is 13.2. The molecule has 0 atom stereocenters. The van der Waals surface area contributed by atoms with E-state index in [4.69, 9.17) is 4.74 Å². The molecule has 6 nitrogen and oxygen atoms in total. The monoisotopic (exact) mass is 385 g/mol. The lowest BCUT2D eigenvalue weighted by atomic mass is 10.1. The SMILES string of the molecule is CCOC(=O)N1CCN(c2ccc(NC(=O)Cc3cccc(F)c3)cc2)CC1. The highest BCUT2D eigenvalue weighted by Gasteiger charge is 2.22. The normalized spacial score (nSPS) is 13.9. The van der Waals surface area contributed by atoms with Gasteiger partial charge >= 0.3 is 6.09 Å². The number of benzene rings is 2. The molecule has 1 fully saturated rings. The number of hydrogen-bond acceptors (Lipinski definition) is 4. The van der Waals surface area contributed by atoms with E-state index in [0.717, 1.165) is 18.8 Å². The van der Waals surface area contributed by atoms with Crippen LogP contribution in [0.15, 0.2) is 48.5 Å². The molecule has 0 radical (unpaired) electrons. The van der Waals surface area contributed by atoms with Crippen molar-refractivity contribution in [2.75, 3.05) is 43.0 Å². The zero-order valence-electron chi connectivity index (χ0n) is 15.9. The summed E-state index contributed by atoms with van der Waals surface area (Å²) in [4.78, 5) is 27.8. The van der Waals surface area contributed by atoms with E-state index in [1.54, 1.807) is 24.0 Å². The van der Waals surface area contributed by atoms with E-state index in [-0.39, 0.29) is 24.2 Å². The number of carbonyl (C=O) groups excluding carboxylic acids is 2. The van der Waals surface area contributed by atoms with Crippen molar-refractivity contribution < 1.29 is 18.7 Å². The van der Waals surface area contributed by atoms with Gasteiger partial charge < -0.3 is 19.9 Å². The fraction of sp³-hybridized carbons (Fsp3) is 0.333. The predicted molar refractivity (Wildman–Crippen MR) is 106 cm³/mol. The van der Waals surface area contributed by atoms with Crippen LogP contribution in [-0.4, -0.2) is 49.7 Å². The van der Waals surface area contributed by atoms with Crippen LogP contribution >= 0.6 is 0 Å². The van der Waals surface area contributed by atoms with Crippen LogP contribution in [-0.2, 0) is 16.0 Å². The fourth-order valence-electron chi connectivity index (χ4n) is 3.16. The van der Waals surface area contributed by atoms with Crippen LogP contribution in [0.25, 0.3) is 0 Å². The molecule has 1 heterocycles. The van der Waals surface area contributed by atoms with Gasteiger partial charge in [-0.2, -0.15) is 0 Å². The molecule has 7 heteroatoms. The van der Waals surface area contributed by atoms with Gasteiger partial charge in [0.2, 0.25) is 5.91 Å². The van der Waals surface area contributed by atoms with Crippen LogP contribution in [0, 0.1) is 5.82 Å². The number of anilines is 2. The summed E-state index contributed by atoms with van der Waals surface area (Å²) in [5, 5.41) is 2.83. The Morgan fingerprint density at radius 1 is 1.07 bits per heavy atom. The van der Waals surface area contributed by atoms with Gasteiger partial charge in [-0.3, -0.25) is 4.79 Å². The Bertz CT molecular complexity index is 818. The van der Waals surface area contributed by atoms with E-state index in [0.29, 0.717) is 30.9 Å². The van der Waals surface area contributed by atoms with Gasteiger partial charge in [-0.25, -0.2) is 9.18 Å². The standard InChI is InChI=1S/C21H24FN3O3/c1-2-28-21(27)25-12-10-24(11-13-25)19-8-6-18(7-9-19)23-20(26)15-16-4-3-5-17(22)14-16/h3-9,14H,2,10-13,15H2,1H3,(H,23,26). The van der Waals surface area contributed by atoms with Crippen LogP contribution in [0.3, 0.4) is 0 Å². The second-order valence-electron chi connectivity index (χ2n) is 6.57. The van der Waals surface area contributed by atoms with E-state index < -0.39 is 0 Å². The van der Waals surface area contributed by atoms with Crippen molar-refractivity contribution in [3.8, 4) is 0 Å². The van der Waals surface area contributed by atoms with Gasteiger partial charge in [0.1, 0.15) is 5.82 Å². The summed E-state index contributed by atoms with van der Waals surface area (Å²) in [5.41, 5.74) is 2.36. The van der Waals surface area contributed by atoms with Gasteiger partial charge in [-0.05, 0) is 48.9 Å². The Morgan fingerprint density at radius 3 is 2.43 bits per heavy atom. The first kappa shape index (κ1) is 19.7. The Morgan fingerprint density at radius 2 is 1.79 bits per heavy atom. The predicted octanol–water partition coefficient (Wildman–Crippen LogP) is 3.29. The van der Waals surface area contributed by atoms with Gasteiger partial charge in [0.25, 0.3) is 0 Å². The second kappa shape index (κ2) is 9.21. The summed E-state index contributed by atoms with van der Waals surface area (Å²) in [6, 6.07) is 13.6. The van der Waals surface area contributed by atoms with E-state index in [1.165, 1.54) is 12.1 Å². The Balaban J connectivity index is 1.51. The van der Waals surface area contributed by atoms with Crippen LogP contribution in [0.4, 0.5) is 20.6 Å². The molecule has 2 amide bonds. The first-order valence-corrected chi connectivity index (χ1v) is 9.36. The van der Waals surface area contributed by atoms with Crippen LogP contribution in [0.5, 0.6) is 0 Å². The van der Waals surface area contributed by atoms with Crippen molar-refractivity contribution in [1.82, 2.24) is 4.90 Å². The number of ether oxygens (including phenoxy) is 1. The lowest BCUT2D eigenvalue weighted by molar-refractivity contribution is -0.115. The number of piperazine rings is 1. The van der Waals surface area contributed by atoms with Crippen molar-refractivity contribution in [3.05, 3.63) is 59.9 Å². The number of nitrogens with one attached hydrogen (secondary N) is 1. The van der Waals surface area contributed by atoms with E-state index >= 15 is 0 Å². The number of rotatable bonds is 5. The fourth-order valence-corrected chi connectivity index (χ4v) is 3.16. The lowest BCUT2D eigenvalue weighted by Gasteiger charge is -2.35. The topological polar surface area (TPSA) is 61.9 Å². The largest absolute Gasteiger partial charge is 0.450 e. The van der Waals surface area contributed by atoms with Crippen LogP contribution in [0.2, 0.25) is 0 Å². The van der Waals surface area contributed by atoms with Crippen LogP contribution < -0.4 is 10.2 Å². The zero-order chi connectivity index (χ0) is 19.9. The molecule has 28 heavy (non-hydrogen) atoms. The minimum Gasteiger partial charge on any atom is -0.450 e. The quantitative estimate of drug-likeness (QED) is 0.858. The Kier molecular flexibility index (Phi) is 6.47. The van der Waals surface area contributed by atoms with Crippen molar-refractivity contribution in [2.24, 2.45) is 0 Å². The van der Waals surface area contributed by atoms with E-state index in [9.17, 15) is 14.0 Å². The lowest BCUT2D eigenvalue weighted by Crippen LogP contribution is -2.49. The number of halogens is 1. The molecule has 3 rings (SSSR count). The molecule has 2 aromatic carbocycles. The summed E-state index contributed by atoms with van der Waals surface area (Å²) < 4.78 is 18.2. The van der Waals surface area contributed by atoms with E-state index in [2.05, 4.69) is 10.2 Å². The first-order chi connectivity index (χ1) is 13.5. The smallest absolute Gasteiger partial charge is 0.409 e. The molecule has 1 aliphatic rings. The highest BCUT2D eigenvalue weighted by molar-refractivity contribution is 5.92. The summed E-state index contributed by atoms with van der Waals surface area (Å²) in [6.07, 6.45) is -0.145. The third kappa shape index (κ3) is 5.22. The number of nitrogens with zero attached hydrogens (tertiary/aromatic N) is 2. The highest BCUT2D eigenvalue weighted by Crippen LogP contribution is 2.20. The molecule has 2 aromatic rings. The minimum atomic E-state index is -0.349. The zero-order valence-corrected chi connectivity index (χ0v) is 15.9. The number of hydrogen-bond donors (Lipinski definition) is 1. The highest BCUT2D eigenvalue weighted by atomic mass is 19.1. The molecule has 148 valence electrons. The van der Waals surface area contributed by atoms with Gasteiger partial charge in [0.15, 0.2) is 0 Å². The van der Waals surface area contributed by atoms with E-state index in [1.807, 2.05) is 24.3 Å². The molecule has 0 aliphatic carbocycles. The minimum absolute atomic E-state index is 0.120.